The van der Waals surface area contributed by atoms with E-state index in [2.05, 4.69) is 4.98 Å². The van der Waals surface area contributed by atoms with Gasteiger partial charge in [0.05, 0.1) is 12.8 Å². The van der Waals surface area contributed by atoms with Gasteiger partial charge in [0.2, 0.25) is 0 Å². The monoisotopic (exact) mass is 261 g/mol. The summed E-state index contributed by atoms with van der Waals surface area (Å²) in [5.41, 5.74) is 2.07. The molecule has 0 radical (unpaired) electrons. The number of hydrogen-bond acceptors (Lipinski definition) is 4. The molecule has 4 heteroatoms. The zero-order chi connectivity index (χ0) is 13.0. The van der Waals surface area contributed by atoms with Crippen molar-refractivity contribution in [2.24, 2.45) is 0 Å². The van der Waals surface area contributed by atoms with Crippen LogP contribution in [0.1, 0.15) is 19.0 Å². The van der Waals surface area contributed by atoms with Gasteiger partial charge in [0.15, 0.2) is 0 Å². The van der Waals surface area contributed by atoms with E-state index in [1.165, 1.54) is 0 Å². The molecule has 0 aliphatic heterocycles. The Hall–Kier alpha value is -1.68. The third kappa shape index (κ3) is 3.17. The van der Waals surface area contributed by atoms with Gasteiger partial charge in [-0.1, -0.05) is 0 Å². The summed E-state index contributed by atoms with van der Waals surface area (Å²) in [5.74, 6) is 1.04. The van der Waals surface area contributed by atoms with Crippen molar-refractivity contribution in [3.63, 3.8) is 0 Å². The van der Waals surface area contributed by atoms with Crippen molar-refractivity contribution in [1.29, 1.82) is 0 Å². The molecular formula is C14H15NO2S. The van der Waals surface area contributed by atoms with Crippen molar-refractivity contribution in [3.05, 3.63) is 35.3 Å². The highest BCUT2D eigenvalue weighted by molar-refractivity contribution is 7.13. The van der Waals surface area contributed by atoms with Gasteiger partial charge in [-0.2, -0.15) is 0 Å². The van der Waals surface area contributed by atoms with E-state index in [0.717, 1.165) is 28.4 Å². The van der Waals surface area contributed by atoms with E-state index in [1.54, 1.807) is 25.4 Å². The smallest absolute Gasteiger partial charge is 0.130 e. The van der Waals surface area contributed by atoms with Gasteiger partial charge in [-0.25, -0.2) is 4.98 Å². The molecule has 0 bridgehead atoms. The van der Waals surface area contributed by atoms with Gasteiger partial charge >= 0.3 is 0 Å². The predicted molar refractivity (Wildman–Crippen MR) is 73.1 cm³/mol. The molecule has 0 aliphatic rings. The Kier molecular flexibility index (Phi) is 4.10. The van der Waals surface area contributed by atoms with E-state index in [4.69, 9.17) is 4.74 Å². The number of nitrogens with zero attached hydrogens (tertiary/aromatic N) is 1. The van der Waals surface area contributed by atoms with Gasteiger partial charge in [-0.3, -0.25) is 0 Å². The van der Waals surface area contributed by atoms with Gasteiger partial charge in [0, 0.05) is 17.4 Å². The average Bonchev–Trinajstić information content (AvgIpc) is 2.85. The first-order valence-corrected chi connectivity index (χ1v) is 6.65. The average molecular weight is 261 g/mol. The number of carbonyl (C=O) groups excluding carboxylic acids is 1. The molecule has 0 saturated carbocycles. The summed E-state index contributed by atoms with van der Waals surface area (Å²) >= 11 is 1.60. The third-order valence-corrected chi connectivity index (χ3v) is 3.56. The molecule has 0 fully saturated rings. The highest BCUT2D eigenvalue weighted by atomic mass is 32.1. The maximum absolute atomic E-state index is 10.9. The molecule has 1 aromatic heterocycles. The number of thiazole rings is 1. The fraction of sp³-hybridized carbons (Fsp3) is 0.286. The number of ketones is 1. The van der Waals surface area contributed by atoms with Crippen molar-refractivity contribution in [1.82, 2.24) is 4.98 Å². The molecule has 0 saturated heterocycles. The Labute approximate surface area is 110 Å². The second kappa shape index (κ2) is 5.78. The fourth-order valence-electron chi connectivity index (χ4n) is 1.59. The Morgan fingerprint density at radius 2 is 2.06 bits per heavy atom. The largest absolute Gasteiger partial charge is 0.497 e. The van der Waals surface area contributed by atoms with E-state index < -0.39 is 0 Å². The molecule has 0 spiro atoms. The van der Waals surface area contributed by atoms with Crippen LogP contribution in [0.5, 0.6) is 5.75 Å². The van der Waals surface area contributed by atoms with Gasteiger partial charge in [-0.05, 0) is 37.6 Å². The van der Waals surface area contributed by atoms with E-state index in [-0.39, 0.29) is 5.78 Å². The second-order valence-electron chi connectivity index (χ2n) is 4.07. The van der Waals surface area contributed by atoms with Gasteiger partial charge in [0.25, 0.3) is 0 Å². The molecular weight excluding hydrogens is 246 g/mol. The summed E-state index contributed by atoms with van der Waals surface area (Å²) in [6, 6.07) is 7.83. The Morgan fingerprint density at radius 3 is 2.67 bits per heavy atom. The standard InChI is InChI=1S/C14H15NO2S/c1-10(16)3-6-12-9-18-14(15-12)11-4-7-13(17-2)8-5-11/h4-5,7-9H,3,6H2,1-2H3. The molecule has 3 nitrogen and oxygen atoms in total. The molecule has 18 heavy (non-hydrogen) atoms. The van der Waals surface area contributed by atoms with Crippen LogP contribution >= 0.6 is 11.3 Å². The molecule has 0 aliphatic carbocycles. The normalized spacial score (nSPS) is 10.3. The summed E-state index contributed by atoms with van der Waals surface area (Å²) in [6.45, 7) is 1.61. The molecule has 2 aromatic rings. The van der Waals surface area contributed by atoms with Crippen LogP contribution in [-0.4, -0.2) is 17.9 Å². The first-order chi connectivity index (χ1) is 8.69. The van der Waals surface area contributed by atoms with Crippen molar-refractivity contribution in [3.8, 4) is 16.3 Å². The van der Waals surface area contributed by atoms with Crippen LogP contribution in [0.2, 0.25) is 0 Å². The van der Waals surface area contributed by atoms with Gasteiger partial charge < -0.3 is 9.53 Å². The summed E-state index contributed by atoms with van der Waals surface area (Å²) in [5, 5.41) is 3.00. The lowest BCUT2D eigenvalue weighted by Crippen LogP contribution is -1.94. The van der Waals surface area contributed by atoms with Crippen LogP contribution in [-0.2, 0) is 11.2 Å². The summed E-state index contributed by atoms with van der Waals surface area (Å²) in [6.07, 6.45) is 1.29. The zero-order valence-electron chi connectivity index (χ0n) is 10.5. The van der Waals surface area contributed by atoms with Crippen molar-refractivity contribution < 1.29 is 9.53 Å². The number of hydrogen-bond donors (Lipinski definition) is 0. The molecule has 94 valence electrons. The minimum Gasteiger partial charge on any atom is -0.497 e. The zero-order valence-corrected chi connectivity index (χ0v) is 11.3. The minimum absolute atomic E-state index is 0.203. The second-order valence-corrected chi connectivity index (χ2v) is 4.93. The summed E-state index contributed by atoms with van der Waals surface area (Å²) in [7, 11) is 1.65. The van der Waals surface area contributed by atoms with Crippen LogP contribution in [0, 0.1) is 0 Å². The molecule has 0 unspecified atom stereocenters. The predicted octanol–water partition coefficient (Wildman–Crippen LogP) is 3.34. The Balaban J connectivity index is 2.10. The SMILES string of the molecule is COc1ccc(-c2nc(CCC(C)=O)cs2)cc1. The van der Waals surface area contributed by atoms with Crippen molar-refractivity contribution in [2.45, 2.75) is 19.8 Å². The van der Waals surface area contributed by atoms with Crippen LogP contribution < -0.4 is 4.74 Å². The number of ether oxygens (including phenoxy) is 1. The van der Waals surface area contributed by atoms with Crippen LogP contribution in [0.4, 0.5) is 0 Å². The van der Waals surface area contributed by atoms with Crippen molar-refractivity contribution >= 4 is 17.1 Å². The Morgan fingerprint density at radius 1 is 1.33 bits per heavy atom. The number of benzene rings is 1. The quantitative estimate of drug-likeness (QED) is 0.828. The summed E-state index contributed by atoms with van der Waals surface area (Å²) in [4.78, 5) is 15.5. The van der Waals surface area contributed by atoms with Gasteiger partial charge in [-0.15, -0.1) is 11.3 Å². The number of rotatable bonds is 5. The highest BCUT2D eigenvalue weighted by Crippen LogP contribution is 2.26. The lowest BCUT2D eigenvalue weighted by atomic mass is 10.2. The maximum atomic E-state index is 10.9. The minimum atomic E-state index is 0.203. The van der Waals surface area contributed by atoms with Gasteiger partial charge in [0.1, 0.15) is 16.5 Å². The molecule has 0 amide bonds. The van der Waals surface area contributed by atoms with E-state index in [9.17, 15) is 4.79 Å². The highest BCUT2D eigenvalue weighted by Gasteiger charge is 2.05. The molecule has 0 atom stereocenters. The Bertz CT molecular complexity index is 531. The first kappa shape index (κ1) is 12.8. The summed E-state index contributed by atoms with van der Waals surface area (Å²) < 4.78 is 5.12. The third-order valence-electron chi connectivity index (χ3n) is 2.62. The lowest BCUT2D eigenvalue weighted by molar-refractivity contribution is -0.116. The fourth-order valence-corrected chi connectivity index (χ4v) is 2.45. The molecule has 1 heterocycles. The molecule has 2 rings (SSSR count). The molecule has 1 aromatic carbocycles. The number of carbonyl (C=O) groups is 1. The molecule has 0 N–H and O–H groups in total. The first-order valence-electron chi connectivity index (χ1n) is 5.77. The van der Waals surface area contributed by atoms with E-state index >= 15 is 0 Å². The van der Waals surface area contributed by atoms with E-state index in [1.807, 2.05) is 29.6 Å². The number of methoxy groups -OCH3 is 1. The van der Waals surface area contributed by atoms with Crippen LogP contribution in [0.15, 0.2) is 29.6 Å². The van der Waals surface area contributed by atoms with Crippen LogP contribution in [0.3, 0.4) is 0 Å². The van der Waals surface area contributed by atoms with Crippen LogP contribution in [0.25, 0.3) is 10.6 Å². The van der Waals surface area contributed by atoms with Crippen molar-refractivity contribution in [2.75, 3.05) is 7.11 Å². The lowest BCUT2D eigenvalue weighted by Gasteiger charge is -2.00. The maximum Gasteiger partial charge on any atom is 0.130 e. The topological polar surface area (TPSA) is 39.2 Å². The number of Topliss-reactive ketones (excluding diaryl/α,β-unsaturated/α-hetero) is 1. The van der Waals surface area contributed by atoms with E-state index in [0.29, 0.717) is 6.42 Å². The number of aryl methyl sites for hydroxylation is 1. The number of aromatic nitrogens is 1.